The summed E-state index contributed by atoms with van der Waals surface area (Å²) in [6, 6.07) is 16.1. The Balaban J connectivity index is 1.55. The van der Waals surface area contributed by atoms with E-state index in [0.29, 0.717) is 34.3 Å². The summed E-state index contributed by atoms with van der Waals surface area (Å²) >= 11 is 8.38. The van der Waals surface area contributed by atoms with Crippen LogP contribution in [0.25, 0.3) is 6.08 Å². The summed E-state index contributed by atoms with van der Waals surface area (Å²) in [6.45, 7) is 2.59. The Hall–Kier alpha value is -3.11. The van der Waals surface area contributed by atoms with Crippen LogP contribution >= 0.6 is 34.2 Å². The van der Waals surface area contributed by atoms with Crippen molar-refractivity contribution < 1.29 is 23.5 Å². The fourth-order valence-electron chi connectivity index (χ4n) is 3.49. The van der Waals surface area contributed by atoms with E-state index < -0.39 is 11.9 Å². The van der Waals surface area contributed by atoms with E-state index in [9.17, 15) is 14.0 Å². The van der Waals surface area contributed by atoms with Gasteiger partial charge in [0.2, 0.25) is 0 Å². The maximum atomic E-state index is 13.2. The van der Waals surface area contributed by atoms with E-state index in [-0.39, 0.29) is 24.7 Å². The number of carbonyl (C=O) groups is 2. The van der Waals surface area contributed by atoms with E-state index in [1.165, 1.54) is 24.3 Å². The second kappa shape index (κ2) is 11.1. The summed E-state index contributed by atoms with van der Waals surface area (Å²) in [5.74, 6) is 0.226. The maximum absolute atomic E-state index is 13.2. The molecule has 35 heavy (non-hydrogen) atoms. The second-order valence-electron chi connectivity index (χ2n) is 7.65. The molecule has 1 fully saturated rings. The molecule has 180 valence electrons. The number of halogens is 3. The molecule has 3 aromatic rings. The molecule has 1 aliphatic heterocycles. The Morgan fingerprint density at radius 3 is 2.54 bits per heavy atom. The number of amides is 3. The first-order chi connectivity index (χ1) is 16.9. The number of hydrogen-bond acceptors (Lipinski definition) is 4. The molecule has 0 radical (unpaired) electrons. The number of rotatable bonds is 8. The minimum absolute atomic E-state index is 0.0405. The van der Waals surface area contributed by atoms with Gasteiger partial charge in [0.25, 0.3) is 5.91 Å². The van der Waals surface area contributed by atoms with Crippen LogP contribution < -0.4 is 14.8 Å². The van der Waals surface area contributed by atoms with Crippen LogP contribution in [0.3, 0.4) is 0 Å². The Bertz CT molecular complexity index is 1300. The first kappa shape index (κ1) is 25.0. The predicted molar refractivity (Wildman–Crippen MR) is 140 cm³/mol. The molecule has 0 aromatic heterocycles. The molecule has 0 atom stereocenters. The molecular weight excluding hydrogens is 586 g/mol. The van der Waals surface area contributed by atoms with Crippen molar-refractivity contribution in [2.75, 3.05) is 6.61 Å². The molecule has 6 nitrogen and oxygen atoms in total. The topological polar surface area (TPSA) is 67.9 Å². The Kier molecular flexibility index (Phi) is 7.92. The van der Waals surface area contributed by atoms with Crippen molar-refractivity contribution in [2.24, 2.45) is 0 Å². The zero-order valence-electron chi connectivity index (χ0n) is 18.7. The van der Waals surface area contributed by atoms with Gasteiger partial charge >= 0.3 is 6.03 Å². The molecule has 0 aliphatic carbocycles. The van der Waals surface area contributed by atoms with Gasteiger partial charge < -0.3 is 14.8 Å². The molecule has 0 saturated carbocycles. The molecule has 3 aromatic carbocycles. The van der Waals surface area contributed by atoms with Crippen LogP contribution in [-0.2, 0) is 17.9 Å². The molecule has 1 saturated heterocycles. The van der Waals surface area contributed by atoms with Crippen LogP contribution in [0.1, 0.15) is 23.6 Å². The van der Waals surface area contributed by atoms with Gasteiger partial charge in [0.05, 0.1) is 16.7 Å². The highest BCUT2D eigenvalue weighted by atomic mass is 127. The second-order valence-corrected chi connectivity index (χ2v) is 9.22. The van der Waals surface area contributed by atoms with Gasteiger partial charge in [0.1, 0.15) is 18.1 Å². The number of hydrogen-bond donors (Lipinski definition) is 1. The summed E-state index contributed by atoms with van der Waals surface area (Å²) in [5.41, 5.74) is 2.29. The molecule has 1 aliphatic rings. The highest BCUT2D eigenvalue weighted by Gasteiger charge is 2.33. The Morgan fingerprint density at radius 1 is 1.09 bits per heavy atom. The summed E-state index contributed by atoms with van der Waals surface area (Å²) in [4.78, 5) is 26.4. The van der Waals surface area contributed by atoms with E-state index in [1.54, 1.807) is 18.2 Å². The van der Waals surface area contributed by atoms with Gasteiger partial charge in [-0.2, -0.15) is 0 Å². The number of carbonyl (C=O) groups excluding carboxylic acids is 2. The average Bonchev–Trinajstić information content (AvgIpc) is 3.08. The van der Waals surface area contributed by atoms with Gasteiger partial charge in [0.15, 0.2) is 11.5 Å². The highest BCUT2D eigenvalue weighted by Crippen LogP contribution is 2.36. The van der Waals surface area contributed by atoms with Gasteiger partial charge in [-0.15, -0.1) is 0 Å². The minimum atomic E-state index is -0.537. The lowest BCUT2D eigenvalue weighted by atomic mass is 10.1. The summed E-state index contributed by atoms with van der Waals surface area (Å²) in [5, 5.41) is 3.22. The van der Waals surface area contributed by atoms with E-state index in [4.69, 9.17) is 21.1 Å². The zero-order chi connectivity index (χ0) is 24.9. The van der Waals surface area contributed by atoms with Crippen LogP contribution in [0.5, 0.6) is 11.5 Å². The third-order valence-electron chi connectivity index (χ3n) is 5.19. The first-order valence-electron chi connectivity index (χ1n) is 10.8. The van der Waals surface area contributed by atoms with E-state index in [2.05, 4.69) is 27.9 Å². The Morgan fingerprint density at radius 2 is 1.83 bits per heavy atom. The summed E-state index contributed by atoms with van der Waals surface area (Å²) < 4.78 is 25.8. The van der Waals surface area contributed by atoms with E-state index in [1.807, 2.05) is 31.2 Å². The number of nitrogens with zero attached hydrogens (tertiary/aromatic N) is 1. The van der Waals surface area contributed by atoms with Crippen molar-refractivity contribution in [1.82, 2.24) is 10.2 Å². The smallest absolute Gasteiger partial charge is 0.329 e. The lowest BCUT2D eigenvalue weighted by molar-refractivity contribution is -0.123. The third-order valence-corrected chi connectivity index (χ3v) is 6.36. The van der Waals surface area contributed by atoms with E-state index >= 15 is 0 Å². The average molecular weight is 607 g/mol. The highest BCUT2D eigenvalue weighted by molar-refractivity contribution is 14.1. The standard InChI is InChI=1S/C26H21ClFIN2O4/c1-2-34-23-13-17(11-21(29)24(23)35-15-18-5-3-4-6-20(18)27)12-22-25(32)31(26(33)30-22)14-16-7-9-19(28)10-8-16/h3-13H,2,14-15H2,1H3,(H,30,33)/b22-12+. The first-order valence-corrected chi connectivity index (χ1v) is 12.2. The molecule has 9 heteroatoms. The van der Waals surface area contributed by atoms with Crippen LogP contribution in [-0.4, -0.2) is 23.4 Å². The van der Waals surface area contributed by atoms with Gasteiger partial charge in [-0.1, -0.05) is 41.9 Å². The molecule has 0 unspecified atom stereocenters. The quantitative estimate of drug-likeness (QED) is 0.190. The molecule has 0 bridgehead atoms. The van der Waals surface area contributed by atoms with E-state index in [0.717, 1.165) is 14.0 Å². The number of ether oxygens (including phenoxy) is 2. The van der Waals surface area contributed by atoms with Crippen LogP contribution in [0, 0.1) is 9.39 Å². The van der Waals surface area contributed by atoms with Crippen molar-refractivity contribution >= 4 is 52.2 Å². The van der Waals surface area contributed by atoms with Gasteiger partial charge in [-0.25, -0.2) is 9.18 Å². The Labute approximate surface area is 220 Å². The van der Waals surface area contributed by atoms with Gasteiger partial charge in [-0.05, 0) is 77.0 Å². The van der Waals surface area contributed by atoms with Crippen LogP contribution in [0.4, 0.5) is 9.18 Å². The number of imide groups is 1. The molecule has 1 N–H and O–H groups in total. The SMILES string of the molecule is CCOc1cc(/C=C2/NC(=O)N(Cc3ccc(F)cc3)C2=O)cc(I)c1OCc1ccccc1Cl. The summed E-state index contributed by atoms with van der Waals surface area (Å²) in [7, 11) is 0. The van der Waals surface area contributed by atoms with Crippen molar-refractivity contribution in [3.63, 3.8) is 0 Å². The van der Waals surface area contributed by atoms with Gasteiger partial charge in [-0.3, -0.25) is 9.69 Å². The third kappa shape index (κ3) is 5.94. The lowest BCUT2D eigenvalue weighted by Gasteiger charge is -2.15. The van der Waals surface area contributed by atoms with Crippen molar-refractivity contribution in [1.29, 1.82) is 0 Å². The monoisotopic (exact) mass is 606 g/mol. The minimum Gasteiger partial charge on any atom is -0.490 e. The van der Waals surface area contributed by atoms with Crippen molar-refractivity contribution in [2.45, 2.75) is 20.1 Å². The largest absolute Gasteiger partial charge is 0.490 e. The van der Waals surface area contributed by atoms with Crippen molar-refractivity contribution in [3.05, 3.63) is 97.5 Å². The number of nitrogens with one attached hydrogen (secondary N) is 1. The normalized spacial score (nSPS) is 14.4. The molecular formula is C26H21ClFIN2O4. The summed E-state index contributed by atoms with van der Waals surface area (Å²) in [6.07, 6.45) is 1.59. The molecule has 4 rings (SSSR count). The molecule has 0 spiro atoms. The zero-order valence-corrected chi connectivity index (χ0v) is 21.6. The fraction of sp³-hybridized carbons (Fsp3) is 0.154. The van der Waals surface area contributed by atoms with Crippen molar-refractivity contribution in [3.8, 4) is 11.5 Å². The van der Waals surface area contributed by atoms with Crippen LogP contribution in [0.15, 0.2) is 66.4 Å². The lowest BCUT2D eigenvalue weighted by Crippen LogP contribution is -2.30. The number of benzene rings is 3. The predicted octanol–water partition coefficient (Wildman–Crippen LogP) is 6.15. The fourth-order valence-corrected chi connectivity index (χ4v) is 4.47. The maximum Gasteiger partial charge on any atom is 0.329 e. The molecule has 1 heterocycles. The number of urea groups is 1. The van der Waals surface area contributed by atoms with Gasteiger partial charge in [0, 0.05) is 10.6 Å². The molecule has 3 amide bonds. The van der Waals surface area contributed by atoms with Crippen LogP contribution in [0.2, 0.25) is 5.02 Å².